The molecule has 4 nitrogen and oxygen atoms in total. The van der Waals surface area contributed by atoms with E-state index < -0.39 is 12.2 Å². The molecule has 1 aromatic carbocycles. The van der Waals surface area contributed by atoms with Gasteiger partial charge in [-0.3, -0.25) is 5.32 Å². The Labute approximate surface area is 94.2 Å². The highest BCUT2D eigenvalue weighted by Gasteiger charge is 2.26. The van der Waals surface area contributed by atoms with Crippen molar-refractivity contribution < 1.29 is 14.6 Å². The molecule has 2 rings (SSSR count). The second-order valence-corrected chi connectivity index (χ2v) is 3.93. The van der Waals surface area contributed by atoms with Gasteiger partial charge >= 0.3 is 5.97 Å². The summed E-state index contributed by atoms with van der Waals surface area (Å²) in [5, 5.41) is 11.8. The zero-order chi connectivity index (χ0) is 11.4. The average molecular weight is 221 g/mol. The molecule has 0 bridgehead atoms. The summed E-state index contributed by atoms with van der Waals surface area (Å²) in [6.07, 6.45) is 0.828. The summed E-state index contributed by atoms with van der Waals surface area (Å²) < 4.78 is 5.10. The number of carboxylic acids is 1. The van der Waals surface area contributed by atoms with Crippen LogP contribution in [0.4, 0.5) is 0 Å². The summed E-state index contributed by atoms with van der Waals surface area (Å²) >= 11 is 0. The van der Waals surface area contributed by atoms with Gasteiger partial charge in [-0.1, -0.05) is 30.3 Å². The molecule has 0 saturated carbocycles. The van der Waals surface area contributed by atoms with Crippen molar-refractivity contribution in [3.8, 4) is 0 Å². The standard InChI is InChI=1S/C12H15NO3/c14-12(15)11-13-10(6-7-16-11)8-9-4-2-1-3-5-9/h1-5,10-11,13H,6-8H2,(H,14,15). The average Bonchev–Trinajstić information content (AvgIpc) is 2.30. The minimum absolute atomic E-state index is 0.178. The monoisotopic (exact) mass is 221 g/mol. The largest absolute Gasteiger partial charge is 0.478 e. The first-order valence-corrected chi connectivity index (χ1v) is 5.40. The van der Waals surface area contributed by atoms with Gasteiger partial charge in [-0.05, 0) is 18.4 Å². The van der Waals surface area contributed by atoms with Crippen molar-refractivity contribution >= 4 is 5.97 Å². The molecule has 0 aliphatic carbocycles. The van der Waals surface area contributed by atoms with Crippen molar-refractivity contribution in [2.75, 3.05) is 6.61 Å². The Balaban J connectivity index is 1.93. The topological polar surface area (TPSA) is 58.6 Å². The lowest BCUT2D eigenvalue weighted by molar-refractivity contribution is -0.156. The minimum atomic E-state index is -0.947. The van der Waals surface area contributed by atoms with Crippen LogP contribution in [0.2, 0.25) is 0 Å². The predicted molar refractivity (Wildman–Crippen MR) is 59.1 cm³/mol. The molecule has 0 spiro atoms. The van der Waals surface area contributed by atoms with Gasteiger partial charge in [0.25, 0.3) is 0 Å². The minimum Gasteiger partial charge on any atom is -0.478 e. The number of hydrogen-bond donors (Lipinski definition) is 2. The van der Waals surface area contributed by atoms with E-state index in [9.17, 15) is 4.79 Å². The molecule has 16 heavy (non-hydrogen) atoms. The Hall–Kier alpha value is -1.39. The van der Waals surface area contributed by atoms with E-state index in [1.54, 1.807) is 0 Å². The summed E-state index contributed by atoms with van der Waals surface area (Å²) in [5.41, 5.74) is 1.21. The summed E-state index contributed by atoms with van der Waals surface area (Å²) in [7, 11) is 0. The number of ether oxygens (including phenoxy) is 1. The third-order valence-electron chi connectivity index (χ3n) is 2.69. The third-order valence-corrected chi connectivity index (χ3v) is 2.69. The van der Waals surface area contributed by atoms with Gasteiger partial charge in [0.1, 0.15) is 0 Å². The van der Waals surface area contributed by atoms with Crippen molar-refractivity contribution in [1.29, 1.82) is 0 Å². The number of rotatable bonds is 3. The highest BCUT2D eigenvalue weighted by molar-refractivity contribution is 5.71. The molecule has 1 heterocycles. The molecule has 1 aliphatic rings. The fourth-order valence-electron chi connectivity index (χ4n) is 1.88. The van der Waals surface area contributed by atoms with Gasteiger partial charge in [0, 0.05) is 6.04 Å². The molecule has 1 aromatic rings. The van der Waals surface area contributed by atoms with Crippen LogP contribution in [0.1, 0.15) is 12.0 Å². The Morgan fingerprint density at radius 3 is 2.88 bits per heavy atom. The van der Waals surface area contributed by atoms with Crippen molar-refractivity contribution in [3.05, 3.63) is 35.9 Å². The third kappa shape index (κ3) is 2.81. The van der Waals surface area contributed by atoms with E-state index in [-0.39, 0.29) is 6.04 Å². The van der Waals surface area contributed by atoms with E-state index in [1.165, 1.54) is 5.56 Å². The maximum Gasteiger partial charge on any atom is 0.348 e. The fraction of sp³-hybridized carbons (Fsp3) is 0.417. The highest BCUT2D eigenvalue weighted by atomic mass is 16.5. The number of aliphatic carboxylic acids is 1. The lowest BCUT2D eigenvalue weighted by Gasteiger charge is -2.28. The Morgan fingerprint density at radius 2 is 2.19 bits per heavy atom. The molecule has 1 aliphatic heterocycles. The van der Waals surface area contributed by atoms with Crippen molar-refractivity contribution in [2.24, 2.45) is 0 Å². The Morgan fingerprint density at radius 1 is 1.44 bits per heavy atom. The van der Waals surface area contributed by atoms with Crippen LogP contribution in [-0.2, 0) is 16.0 Å². The molecule has 2 unspecified atom stereocenters. The normalized spacial score (nSPS) is 25.2. The molecule has 1 saturated heterocycles. The van der Waals surface area contributed by atoms with Crippen LogP contribution in [-0.4, -0.2) is 30.0 Å². The number of carbonyl (C=O) groups is 1. The summed E-state index contributed by atoms with van der Waals surface area (Å²) in [6.45, 7) is 0.501. The maximum absolute atomic E-state index is 10.8. The predicted octanol–water partition coefficient (Wildman–Crippen LogP) is 1.02. The van der Waals surface area contributed by atoms with Gasteiger partial charge in [0.05, 0.1) is 6.61 Å². The lowest BCUT2D eigenvalue weighted by Crippen LogP contribution is -2.50. The summed E-state index contributed by atoms with van der Waals surface area (Å²) in [5.74, 6) is -0.947. The van der Waals surface area contributed by atoms with Crippen LogP contribution in [0.5, 0.6) is 0 Å². The summed E-state index contributed by atoms with van der Waals surface area (Å²) in [6, 6.07) is 10.2. The molecule has 2 atom stereocenters. The molecule has 86 valence electrons. The number of carboxylic acid groups (broad SMARTS) is 1. The van der Waals surface area contributed by atoms with Crippen LogP contribution < -0.4 is 5.32 Å². The van der Waals surface area contributed by atoms with Crippen molar-refractivity contribution in [3.63, 3.8) is 0 Å². The first-order chi connectivity index (χ1) is 7.75. The van der Waals surface area contributed by atoms with Crippen LogP contribution >= 0.6 is 0 Å². The molecule has 0 radical (unpaired) electrons. The second kappa shape index (κ2) is 5.09. The second-order valence-electron chi connectivity index (χ2n) is 3.93. The lowest BCUT2D eigenvalue weighted by atomic mass is 10.0. The van der Waals surface area contributed by atoms with E-state index in [0.717, 1.165) is 12.8 Å². The van der Waals surface area contributed by atoms with Gasteiger partial charge < -0.3 is 9.84 Å². The molecular weight excluding hydrogens is 206 g/mol. The van der Waals surface area contributed by atoms with Crippen LogP contribution in [0.15, 0.2) is 30.3 Å². The van der Waals surface area contributed by atoms with Gasteiger partial charge in [0.15, 0.2) is 0 Å². The number of hydrogen-bond acceptors (Lipinski definition) is 3. The first kappa shape index (κ1) is 11.1. The van der Waals surface area contributed by atoms with E-state index in [0.29, 0.717) is 6.61 Å². The Bertz CT molecular complexity index is 353. The van der Waals surface area contributed by atoms with Crippen molar-refractivity contribution in [1.82, 2.24) is 5.32 Å². The molecular formula is C12H15NO3. The molecule has 1 fully saturated rings. The SMILES string of the molecule is O=C(O)C1NC(Cc2ccccc2)CCO1. The summed E-state index contributed by atoms with van der Waals surface area (Å²) in [4.78, 5) is 10.8. The molecule has 0 amide bonds. The molecule has 2 N–H and O–H groups in total. The van der Waals surface area contributed by atoms with E-state index >= 15 is 0 Å². The zero-order valence-electron chi connectivity index (χ0n) is 8.93. The van der Waals surface area contributed by atoms with E-state index in [2.05, 4.69) is 5.32 Å². The van der Waals surface area contributed by atoms with Crippen LogP contribution in [0.25, 0.3) is 0 Å². The van der Waals surface area contributed by atoms with Crippen molar-refractivity contribution in [2.45, 2.75) is 25.1 Å². The van der Waals surface area contributed by atoms with Gasteiger partial charge in [-0.15, -0.1) is 0 Å². The fourth-order valence-corrected chi connectivity index (χ4v) is 1.88. The number of nitrogens with one attached hydrogen (secondary N) is 1. The highest BCUT2D eigenvalue weighted by Crippen LogP contribution is 2.11. The Kier molecular flexibility index (Phi) is 3.54. The number of benzene rings is 1. The smallest absolute Gasteiger partial charge is 0.348 e. The maximum atomic E-state index is 10.8. The first-order valence-electron chi connectivity index (χ1n) is 5.40. The van der Waals surface area contributed by atoms with Gasteiger partial charge in [0.2, 0.25) is 6.23 Å². The van der Waals surface area contributed by atoms with Crippen LogP contribution in [0, 0.1) is 0 Å². The van der Waals surface area contributed by atoms with Gasteiger partial charge in [-0.2, -0.15) is 0 Å². The molecule has 0 aromatic heterocycles. The molecule has 4 heteroatoms. The van der Waals surface area contributed by atoms with E-state index in [1.807, 2.05) is 30.3 Å². The van der Waals surface area contributed by atoms with E-state index in [4.69, 9.17) is 9.84 Å². The quantitative estimate of drug-likeness (QED) is 0.800. The van der Waals surface area contributed by atoms with Gasteiger partial charge in [-0.25, -0.2) is 4.79 Å². The van der Waals surface area contributed by atoms with Crippen LogP contribution in [0.3, 0.4) is 0 Å². The zero-order valence-corrected chi connectivity index (χ0v) is 8.93.